The van der Waals surface area contributed by atoms with Crippen molar-refractivity contribution in [2.45, 2.75) is 0 Å². The summed E-state index contributed by atoms with van der Waals surface area (Å²) in [7, 11) is 5.32. The summed E-state index contributed by atoms with van der Waals surface area (Å²) in [4.78, 5) is 42.1. The van der Waals surface area contributed by atoms with Gasteiger partial charge in [0.1, 0.15) is 17.1 Å². The van der Waals surface area contributed by atoms with Gasteiger partial charge in [0.15, 0.2) is 0 Å². The summed E-state index contributed by atoms with van der Waals surface area (Å²) in [5.74, 6) is -0.829. The third-order valence-corrected chi connectivity index (χ3v) is 7.77. The van der Waals surface area contributed by atoms with E-state index < -0.39 is 0 Å². The van der Waals surface area contributed by atoms with Crippen molar-refractivity contribution >= 4 is 40.4 Å². The Balaban J connectivity index is 1.18. The lowest BCUT2D eigenvalue weighted by Gasteiger charge is -2.26. The van der Waals surface area contributed by atoms with Crippen LogP contribution in [0.1, 0.15) is 31.5 Å². The zero-order valence-electron chi connectivity index (χ0n) is 22.8. The highest BCUT2D eigenvalue weighted by Crippen LogP contribution is 2.27. The second kappa shape index (κ2) is 11.9. The van der Waals surface area contributed by atoms with E-state index in [1.165, 1.54) is 0 Å². The molecule has 0 atom stereocenters. The van der Waals surface area contributed by atoms with Crippen LogP contribution < -0.4 is 16.0 Å². The van der Waals surface area contributed by atoms with Crippen LogP contribution in [0.15, 0.2) is 54.3 Å². The van der Waals surface area contributed by atoms with Crippen molar-refractivity contribution in [3.05, 3.63) is 71.4 Å². The van der Waals surface area contributed by atoms with Crippen molar-refractivity contribution in [3.8, 4) is 10.4 Å². The molecule has 0 radical (unpaired) electrons. The summed E-state index contributed by atoms with van der Waals surface area (Å²) in [5.41, 5.74) is 3.30. The lowest BCUT2D eigenvalue weighted by Crippen LogP contribution is -2.41. The molecule has 0 spiro atoms. The molecule has 0 saturated carbocycles. The molecular formula is C28H33N7O4S. The molecular weight excluding hydrogens is 530 g/mol. The quantitative estimate of drug-likeness (QED) is 0.290. The molecule has 0 aliphatic carbocycles. The average molecular weight is 564 g/mol. The Morgan fingerprint density at radius 2 is 1.40 bits per heavy atom. The summed E-state index contributed by atoms with van der Waals surface area (Å²) in [6, 6.07) is 9.11. The molecule has 5 heterocycles. The van der Waals surface area contributed by atoms with E-state index in [4.69, 9.17) is 4.74 Å². The van der Waals surface area contributed by atoms with E-state index >= 15 is 0 Å². The molecule has 210 valence electrons. The number of hydrogen-bond acceptors (Lipinski definition) is 6. The average Bonchev–Trinajstić information content (AvgIpc) is 3.72. The highest BCUT2D eigenvalue weighted by molar-refractivity contribution is 7.13. The van der Waals surface area contributed by atoms with Crippen LogP contribution in [0.4, 0.5) is 11.4 Å². The molecule has 11 nitrogen and oxygen atoms in total. The minimum Gasteiger partial charge on any atom is -0.379 e. The van der Waals surface area contributed by atoms with Crippen LogP contribution in [0.25, 0.3) is 10.4 Å². The van der Waals surface area contributed by atoms with Crippen molar-refractivity contribution in [2.24, 2.45) is 21.1 Å². The van der Waals surface area contributed by atoms with Crippen LogP contribution in [0.2, 0.25) is 0 Å². The van der Waals surface area contributed by atoms with Crippen molar-refractivity contribution in [1.82, 2.24) is 23.9 Å². The summed E-state index contributed by atoms with van der Waals surface area (Å²) >= 11 is 1.61. The number of rotatable bonds is 9. The number of thiophene rings is 1. The standard InChI is InChI=1S/C28H33N7O4S/c1-32-16-19(25-5-4-12-40-25)13-22(32)27(37)30-21-15-24(34(3)18-21)28(38)31-20-14-23(33(2)17-20)26(36)29-6-7-35-8-10-39-11-9-35/h4-5,12-18H,6-11H2,1-3H3,(H,29,36)(H,30,37)(H,31,38). The highest BCUT2D eigenvalue weighted by atomic mass is 32.1. The monoisotopic (exact) mass is 563 g/mol. The van der Waals surface area contributed by atoms with E-state index in [-0.39, 0.29) is 17.7 Å². The minimum absolute atomic E-state index is 0.206. The molecule has 1 fully saturated rings. The maximum absolute atomic E-state index is 13.1. The van der Waals surface area contributed by atoms with Gasteiger partial charge in [-0.05, 0) is 29.6 Å². The van der Waals surface area contributed by atoms with E-state index in [0.717, 1.165) is 30.1 Å². The third kappa shape index (κ3) is 6.19. The molecule has 3 N–H and O–H groups in total. The first-order valence-corrected chi connectivity index (χ1v) is 13.9. The van der Waals surface area contributed by atoms with E-state index in [2.05, 4.69) is 20.9 Å². The number of amides is 3. The van der Waals surface area contributed by atoms with Crippen LogP contribution >= 0.6 is 11.3 Å². The van der Waals surface area contributed by atoms with Gasteiger partial charge in [-0.1, -0.05) is 6.07 Å². The lowest BCUT2D eigenvalue weighted by atomic mass is 10.2. The fourth-order valence-electron chi connectivity index (χ4n) is 4.72. The molecule has 12 heteroatoms. The molecule has 0 aromatic carbocycles. The molecule has 3 amide bonds. The SMILES string of the molecule is Cn1cc(NC(=O)c2cc(NC(=O)c3cc(-c4cccs4)cn3C)cn2C)cc1C(=O)NCCN1CCOCC1. The Kier molecular flexibility index (Phi) is 8.19. The van der Waals surface area contributed by atoms with Crippen LogP contribution in [-0.4, -0.2) is 75.7 Å². The van der Waals surface area contributed by atoms with Crippen LogP contribution in [-0.2, 0) is 25.9 Å². The highest BCUT2D eigenvalue weighted by Gasteiger charge is 2.19. The van der Waals surface area contributed by atoms with Crippen LogP contribution in [0.3, 0.4) is 0 Å². The number of nitrogens with zero attached hydrogens (tertiary/aromatic N) is 4. The molecule has 5 rings (SSSR count). The maximum Gasteiger partial charge on any atom is 0.272 e. The molecule has 0 bridgehead atoms. The summed E-state index contributed by atoms with van der Waals surface area (Å²) in [5, 5.41) is 10.7. The van der Waals surface area contributed by atoms with E-state index in [1.54, 1.807) is 63.7 Å². The first kappa shape index (κ1) is 27.4. The second-order valence-corrected chi connectivity index (χ2v) is 10.7. The minimum atomic E-state index is -0.355. The van der Waals surface area contributed by atoms with Gasteiger partial charge in [0.05, 0.1) is 24.6 Å². The van der Waals surface area contributed by atoms with Crippen molar-refractivity contribution in [2.75, 3.05) is 50.0 Å². The number of ether oxygens (including phenoxy) is 1. The number of carbonyl (C=O) groups excluding carboxylic acids is 3. The first-order valence-electron chi connectivity index (χ1n) is 13.0. The summed E-state index contributed by atoms with van der Waals surface area (Å²) in [6.07, 6.45) is 5.30. The molecule has 0 unspecified atom stereocenters. The Hall–Kier alpha value is -4.13. The molecule has 4 aromatic heterocycles. The van der Waals surface area contributed by atoms with Gasteiger partial charge in [0.2, 0.25) is 0 Å². The van der Waals surface area contributed by atoms with Gasteiger partial charge in [-0.25, -0.2) is 0 Å². The van der Waals surface area contributed by atoms with Crippen molar-refractivity contribution in [1.29, 1.82) is 0 Å². The second-order valence-electron chi connectivity index (χ2n) is 9.77. The topological polar surface area (TPSA) is 115 Å². The molecule has 4 aromatic rings. The molecule has 1 aliphatic heterocycles. The predicted molar refractivity (Wildman–Crippen MR) is 155 cm³/mol. The number of aryl methyl sites for hydroxylation is 3. The largest absolute Gasteiger partial charge is 0.379 e. The lowest BCUT2D eigenvalue weighted by molar-refractivity contribution is 0.0383. The first-order chi connectivity index (χ1) is 19.3. The van der Waals surface area contributed by atoms with Gasteiger partial charge in [0, 0.05) is 76.4 Å². The number of hydrogen-bond donors (Lipinski definition) is 3. The van der Waals surface area contributed by atoms with E-state index in [9.17, 15) is 14.4 Å². The zero-order valence-corrected chi connectivity index (χ0v) is 23.6. The number of carbonyl (C=O) groups is 3. The van der Waals surface area contributed by atoms with Gasteiger partial charge in [0.25, 0.3) is 17.7 Å². The Morgan fingerprint density at radius 3 is 2.00 bits per heavy atom. The smallest absolute Gasteiger partial charge is 0.272 e. The van der Waals surface area contributed by atoms with Gasteiger partial charge in [-0.15, -0.1) is 11.3 Å². The number of nitrogens with one attached hydrogen (secondary N) is 3. The van der Waals surface area contributed by atoms with Gasteiger partial charge in [-0.3, -0.25) is 19.3 Å². The number of morpholine rings is 1. The Bertz CT molecular complexity index is 1510. The third-order valence-electron chi connectivity index (χ3n) is 6.85. The van der Waals surface area contributed by atoms with Crippen molar-refractivity contribution < 1.29 is 19.1 Å². The number of aromatic nitrogens is 3. The molecule has 1 saturated heterocycles. The fraction of sp³-hybridized carbons (Fsp3) is 0.321. The van der Waals surface area contributed by atoms with Crippen molar-refractivity contribution in [3.63, 3.8) is 0 Å². The number of anilines is 2. The van der Waals surface area contributed by atoms with Crippen LogP contribution in [0.5, 0.6) is 0 Å². The van der Waals surface area contributed by atoms with Gasteiger partial charge in [-0.2, -0.15) is 0 Å². The van der Waals surface area contributed by atoms with Crippen LogP contribution in [0, 0.1) is 0 Å². The molecule has 1 aliphatic rings. The molecule has 40 heavy (non-hydrogen) atoms. The summed E-state index contributed by atoms with van der Waals surface area (Å²) in [6.45, 7) is 4.45. The van der Waals surface area contributed by atoms with Gasteiger partial charge >= 0.3 is 0 Å². The predicted octanol–water partition coefficient (Wildman–Crippen LogP) is 3.00. The maximum atomic E-state index is 13.1. The summed E-state index contributed by atoms with van der Waals surface area (Å²) < 4.78 is 10.5. The van der Waals surface area contributed by atoms with Gasteiger partial charge < -0.3 is 34.4 Å². The Labute approximate surface area is 236 Å². The zero-order chi connectivity index (χ0) is 28.2. The Morgan fingerprint density at radius 1 is 0.825 bits per heavy atom. The fourth-order valence-corrected chi connectivity index (χ4v) is 5.43. The van der Waals surface area contributed by atoms with E-state index in [0.29, 0.717) is 48.2 Å². The normalized spacial score (nSPS) is 13.8. The van der Waals surface area contributed by atoms with E-state index in [1.807, 2.05) is 36.8 Å².